The third-order valence-electron chi connectivity index (χ3n) is 0.947. The maximum Gasteiger partial charge on any atom is 0.0253 e. The van der Waals surface area contributed by atoms with E-state index in [9.17, 15) is 0 Å². The highest BCUT2D eigenvalue weighted by atomic mass is 15.1. The Labute approximate surface area is 44.6 Å². The predicted molar refractivity (Wildman–Crippen MR) is 31.6 cm³/mol. The summed E-state index contributed by atoms with van der Waals surface area (Å²) >= 11 is 0. The smallest absolute Gasteiger partial charge is 0.0253 e. The highest BCUT2D eigenvalue weighted by molar-refractivity contribution is 4.90. The lowest BCUT2D eigenvalue weighted by Crippen LogP contribution is -2.09. The topological polar surface area (TPSA) is 29.3 Å². The molecule has 2 N–H and O–H groups in total. The fourth-order valence-electron chi connectivity index (χ4n) is 0.149. The van der Waals surface area contributed by atoms with Crippen molar-refractivity contribution in [2.24, 2.45) is 5.73 Å². The molecule has 0 heterocycles. The lowest BCUT2D eigenvalue weighted by atomic mass is 10.5. The molecule has 0 aliphatic carbocycles. The summed E-state index contributed by atoms with van der Waals surface area (Å²) in [6, 6.07) is 0. The third kappa shape index (κ3) is 2.09. The van der Waals surface area contributed by atoms with Crippen molar-refractivity contribution in [3.05, 3.63) is 11.9 Å². The number of nitrogens with two attached hydrogens (primary N) is 1. The molecule has 0 unspecified atom stereocenters. The molecule has 0 amide bonds. The molecular weight excluding hydrogens is 88.1 g/mol. The van der Waals surface area contributed by atoms with Gasteiger partial charge in [-0.05, 0) is 6.92 Å². The molecule has 0 aromatic rings. The molecule has 0 aliphatic rings. The van der Waals surface area contributed by atoms with E-state index in [0.717, 1.165) is 5.70 Å². The Balaban J connectivity index is 3.56. The molecule has 0 spiro atoms. The van der Waals surface area contributed by atoms with Crippen LogP contribution in [-0.4, -0.2) is 19.0 Å². The van der Waals surface area contributed by atoms with E-state index in [-0.39, 0.29) is 0 Å². The first-order valence-electron chi connectivity index (χ1n) is 2.24. The lowest BCUT2D eigenvalue weighted by molar-refractivity contribution is 0.512. The molecule has 0 aliphatic heterocycles. The minimum absolute atomic E-state index is 1.08. The summed E-state index contributed by atoms with van der Waals surface area (Å²) in [4.78, 5) is 1.96. The first kappa shape index (κ1) is 6.34. The highest BCUT2D eigenvalue weighted by Crippen LogP contribution is 1.89. The summed E-state index contributed by atoms with van der Waals surface area (Å²) in [6.07, 6.45) is 1.58. The van der Waals surface area contributed by atoms with Crippen molar-refractivity contribution in [3.63, 3.8) is 0 Å². The molecule has 0 saturated carbocycles. The fraction of sp³-hybridized carbons (Fsp3) is 0.600. The first-order chi connectivity index (χ1) is 3.18. The van der Waals surface area contributed by atoms with E-state index in [2.05, 4.69) is 0 Å². The van der Waals surface area contributed by atoms with Gasteiger partial charge in [0.25, 0.3) is 0 Å². The molecule has 2 heteroatoms. The van der Waals surface area contributed by atoms with E-state index in [1.54, 1.807) is 6.20 Å². The van der Waals surface area contributed by atoms with Crippen molar-refractivity contribution in [3.8, 4) is 0 Å². The largest absolute Gasteiger partial charge is 0.403 e. The van der Waals surface area contributed by atoms with Crippen molar-refractivity contribution in [1.29, 1.82) is 0 Å². The second-order valence-corrected chi connectivity index (χ2v) is 1.70. The Morgan fingerprint density at radius 3 is 2.00 bits per heavy atom. The van der Waals surface area contributed by atoms with Crippen molar-refractivity contribution in [2.75, 3.05) is 14.1 Å². The summed E-state index contributed by atoms with van der Waals surface area (Å²) in [6.45, 7) is 1.96. The molecule has 7 heavy (non-hydrogen) atoms. The molecular formula is C5H12N2. The summed E-state index contributed by atoms with van der Waals surface area (Å²) in [5.74, 6) is 0. The average Bonchev–Trinajstić information content (AvgIpc) is 1.65. The summed E-state index contributed by atoms with van der Waals surface area (Å²) in [5, 5.41) is 0. The van der Waals surface area contributed by atoms with Gasteiger partial charge in [-0.3, -0.25) is 0 Å². The fourth-order valence-corrected chi connectivity index (χ4v) is 0.149. The number of hydrogen-bond acceptors (Lipinski definition) is 2. The molecule has 0 saturated heterocycles. The minimum Gasteiger partial charge on any atom is -0.403 e. The monoisotopic (exact) mass is 100 g/mol. The molecule has 0 radical (unpaired) electrons. The van der Waals surface area contributed by atoms with Gasteiger partial charge in [-0.1, -0.05) is 0 Å². The van der Waals surface area contributed by atoms with Gasteiger partial charge in [0.1, 0.15) is 0 Å². The highest BCUT2D eigenvalue weighted by Gasteiger charge is 1.83. The first-order valence-corrected chi connectivity index (χ1v) is 2.24. The standard InChI is InChI=1S/C5H12N2/c1-5(4-6)7(2)3/h4H,6H2,1-3H3. The van der Waals surface area contributed by atoms with Crippen LogP contribution in [0.2, 0.25) is 0 Å². The van der Waals surface area contributed by atoms with Gasteiger partial charge in [0, 0.05) is 26.0 Å². The molecule has 0 bridgehead atoms. The van der Waals surface area contributed by atoms with Gasteiger partial charge >= 0.3 is 0 Å². The second-order valence-electron chi connectivity index (χ2n) is 1.70. The number of nitrogens with zero attached hydrogens (tertiary/aromatic N) is 1. The Kier molecular flexibility index (Phi) is 2.27. The SMILES string of the molecule is CC(=CN)N(C)C. The average molecular weight is 100 g/mol. The summed E-state index contributed by atoms with van der Waals surface area (Å²) in [7, 11) is 3.91. The Morgan fingerprint density at radius 2 is 2.00 bits per heavy atom. The molecule has 2 nitrogen and oxygen atoms in total. The van der Waals surface area contributed by atoms with Crippen LogP contribution in [0.15, 0.2) is 11.9 Å². The zero-order valence-electron chi connectivity index (χ0n) is 5.10. The van der Waals surface area contributed by atoms with Crippen LogP contribution in [0, 0.1) is 0 Å². The van der Waals surface area contributed by atoms with Gasteiger partial charge in [0.15, 0.2) is 0 Å². The van der Waals surface area contributed by atoms with E-state index < -0.39 is 0 Å². The Hall–Kier alpha value is -0.660. The maximum absolute atomic E-state index is 5.17. The van der Waals surface area contributed by atoms with Gasteiger partial charge in [-0.25, -0.2) is 0 Å². The van der Waals surface area contributed by atoms with Crippen LogP contribution in [0.5, 0.6) is 0 Å². The number of allylic oxidation sites excluding steroid dienone is 1. The van der Waals surface area contributed by atoms with E-state index >= 15 is 0 Å². The minimum atomic E-state index is 1.08. The number of rotatable bonds is 1. The lowest BCUT2D eigenvalue weighted by Gasteiger charge is -2.09. The zero-order valence-corrected chi connectivity index (χ0v) is 5.10. The van der Waals surface area contributed by atoms with Crippen LogP contribution in [-0.2, 0) is 0 Å². The normalized spacial score (nSPS) is 11.6. The molecule has 0 atom stereocenters. The Bertz CT molecular complexity index is 74.1. The van der Waals surface area contributed by atoms with Crippen molar-refractivity contribution >= 4 is 0 Å². The molecule has 0 aromatic carbocycles. The van der Waals surface area contributed by atoms with Crippen LogP contribution >= 0.6 is 0 Å². The van der Waals surface area contributed by atoms with Crippen LogP contribution in [0.1, 0.15) is 6.92 Å². The van der Waals surface area contributed by atoms with E-state index in [1.165, 1.54) is 0 Å². The number of hydrogen-bond donors (Lipinski definition) is 1. The Morgan fingerprint density at radius 1 is 1.57 bits per heavy atom. The van der Waals surface area contributed by atoms with Crippen molar-refractivity contribution in [2.45, 2.75) is 6.92 Å². The van der Waals surface area contributed by atoms with Crippen LogP contribution in [0.3, 0.4) is 0 Å². The van der Waals surface area contributed by atoms with Crippen molar-refractivity contribution in [1.82, 2.24) is 4.90 Å². The second kappa shape index (κ2) is 2.50. The molecule has 0 rings (SSSR count). The van der Waals surface area contributed by atoms with Gasteiger partial charge in [0.05, 0.1) is 0 Å². The molecule has 0 aromatic heterocycles. The van der Waals surface area contributed by atoms with Crippen LogP contribution in [0.4, 0.5) is 0 Å². The summed E-state index contributed by atoms with van der Waals surface area (Å²) in [5.41, 5.74) is 6.25. The van der Waals surface area contributed by atoms with Gasteiger partial charge < -0.3 is 10.6 Å². The zero-order chi connectivity index (χ0) is 5.86. The van der Waals surface area contributed by atoms with Gasteiger partial charge in [-0.2, -0.15) is 0 Å². The quantitative estimate of drug-likeness (QED) is 0.515. The van der Waals surface area contributed by atoms with E-state index in [4.69, 9.17) is 5.73 Å². The van der Waals surface area contributed by atoms with Crippen LogP contribution in [0.25, 0.3) is 0 Å². The maximum atomic E-state index is 5.17. The molecule has 0 fully saturated rings. The van der Waals surface area contributed by atoms with E-state index in [1.807, 2.05) is 25.9 Å². The van der Waals surface area contributed by atoms with Crippen molar-refractivity contribution < 1.29 is 0 Å². The predicted octanol–water partition coefficient (Wildman–Crippen LogP) is 0.368. The van der Waals surface area contributed by atoms with E-state index in [0.29, 0.717) is 0 Å². The van der Waals surface area contributed by atoms with Crippen LogP contribution < -0.4 is 5.73 Å². The summed E-state index contributed by atoms with van der Waals surface area (Å²) < 4.78 is 0. The molecule has 42 valence electrons. The third-order valence-corrected chi connectivity index (χ3v) is 0.947. The van der Waals surface area contributed by atoms with Gasteiger partial charge in [0.2, 0.25) is 0 Å². The van der Waals surface area contributed by atoms with Gasteiger partial charge in [-0.15, -0.1) is 0 Å².